The summed E-state index contributed by atoms with van der Waals surface area (Å²) in [7, 11) is 1.38. The number of rotatable bonds is 4. The normalized spacial score (nSPS) is 20.4. The van der Waals surface area contributed by atoms with E-state index < -0.39 is 0 Å². The maximum atomic E-state index is 11.6. The Bertz CT molecular complexity index is 762. The van der Waals surface area contributed by atoms with Crippen LogP contribution < -0.4 is 5.32 Å². The molecule has 3 rings (SSSR count). The van der Waals surface area contributed by atoms with Gasteiger partial charge in [0.2, 0.25) is 0 Å². The molecule has 1 heterocycles. The molecule has 1 aromatic carbocycles. The number of nitro groups is 1. The Morgan fingerprint density at radius 2 is 2.22 bits per heavy atom. The average molecular weight is 315 g/mol. The number of nitrogens with one attached hydrogen (secondary N) is 1. The number of esters is 1. The molecule has 0 amide bonds. The van der Waals surface area contributed by atoms with Crippen LogP contribution in [0.25, 0.3) is 10.9 Å². The molecule has 7 heteroatoms. The summed E-state index contributed by atoms with van der Waals surface area (Å²) in [6.07, 6.45) is 3.74. The number of hydrogen-bond acceptors (Lipinski definition) is 6. The molecule has 1 N–H and O–H groups in total. The van der Waals surface area contributed by atoms with Crippen molar-refractivity contribution >= 4 is 28.2 Å². The van der Waals surface area contributed by atoms with Crippen LogP contribution in [0.15, 0.2) is 30.5 Å². The van der Waals surface area contributed by atoms with Gasteiger partial charge in [0, 0.05) is 12.2 Å². The summed E-state index contributed by atoms with van der Waals surface area (Å²) in [5.41, 5.74) is 1.08. The molecule has 7 nitrogen and oxygen atoms in total. The second-order valence-electron chi connectivity index (χ2n) is 5.66. The van der Waals surface area contributed by atoms with Crippen LogP contribution >= 0.6 is 0 Å². The zero-order valence-electron chi connectivity index (χ0n) is 12.7. The third kappa shape index (κ3) is 2.94. The number of nitro benzene ring substituents is 1. The van der Waals surface area contributed by atoms with Crippen LogP contribution in [-0.4, -0.2) is 29.0 Å². The molecule has 2 atom stereocenters. The van der Waals surface area contributed by atoms with Crippen molar-refractivity contribution < 1.29 is 14.5 Å². The van der Waals surface area contributed by atoms with E-state index in [9.17, 15) is 14.9 Å². The van der Waals surface area contributed by atoms with Crippen molar-refractivity contribution in [2.75, 3.05) is 12.4 Å². The van der Waals surface area contributed by atoms with E-state index in [-0.39, 0.29) is 28.5 Å². The van der Waals surface area contributed by atoms with E-state index in [1.807, 2.05) is 0 Å². The van der Waals surface area contributed by atoms with Crippen molar-refractivity contribution in [3.8, 4) is 0 Å². The van der Waals surface area contributed by atoms with Gasteiger partial charge in [-0.15, -0.1) is 0 Å². The summed E-state index contributed by atoms with van der Waals surface area (Å²) in [4.78, 5) is 26.8. The highest BCUT2D eigenvalue weighted by Crippen LogP contribution is 2.36. The van der Waals surface area contributed by atoms with E-state index in [0.717, 1.165) is 12.8 Å². The first-order chi connectivity index (χ1) is 11.1. The fourth-order valence-electron chi connectivity index (χ4n) is 3.16. The quantitative estimate of drug-likeness (QED) is 0.529. The first-order valence-electron chi connectivity index (χ1n) is 7.46. The molecule has 120 valence electrons. The Morgan fingerprint density at radius 1 is 1.39 bits per heavy atom. The minimum Gasteiger partial charge on any atom is -0.469 e. The lowest BCUT2D eigenvalue weighted by Gasteiger charge is -2.15. The standard InChI is InChI=1S/C16H17N3O4/c1-23-16(20)10-4-5-11(9-10)18-14-7-6-13-12(3-2-8-17-13)15(14)19(21)22/h2-3,6-8,10-11,18H,4-5,9H2,1H3/t10-,11+/m0/s1. The number of hydrogen-bond donors (Lipinski definition) is 1. The van der Waals surface area contributed by atoms with Gasteiger partial charge < -0.3 is 10.1 Å². The SMILES string of the molecule is COC(=O)[C@H]1CC[C@@H](Nc2ccc3ncccc3c2[N+](=O)[O-])C1. The molecule has 0 saturated heterocycles. The summed E-state index contributed by atoms with van der Waals surface area (Å²) in [5, 5.41) is 15.2. The Balaban J connectivity index is 1.87. The summed E-state index contributed by atoms with van der Waals surface area (Å²) in [6.45, 7) is 0. The molecule has 0 radical (unpaired) electrons. The van der Waals surface area contributed by atoms with E-state index in [2.05, 4.69) is 10.3 Å². The highest BCUT2D eigenvalue weighted by Gasteiger charge is 2.32. The van der Waals surface area contributed by atoms with Crippen LogP contribution in [0.3, 0.4) is 0 Å². The predicted molar refractivity (Wildman–Crippen MR) is 85.2 cm³/mol. The van der Waals surface area contributed by atoms with E-state index in [1.54, 1.807) is 30.5 Å². The Labute approximate surface area is 132 Å². The topological polar surface area (TPSA) is 94.4 Å². The molecule has 1 fully saturated rings. The molecule has 0 spiro atoms. The van der Waals surface area contributed by atoms with Crippen LogP contribution in [0.5, 0.6) is 0 Å². The summed E-state index contributed by atoms with van der Waals surface area (Å²) >= 11 is 0. The van der Waals surface area contributed by atoms with Crippen molar-refractivity contribution in [3.63, 3.8) is 0 Å². The van der Waals surface area contributed by atoms with Crippen LogP contribution in [0, 0.1) is 16.0 Å². The third-order valence-corrected chi connectivity index (χ3v) is 4.27. The van der Waals surface area contributed by atoms with Crippen LogP contribution in [0.1, 0.15) is 19.3 Å². The molecule has 0 bridgehead atoms. The molecule has 1 aliphatic carbocycles. The van der Waals surface area contributed by atoms with Crippen molar-refractivity contribution in [1.29, 1.82) is 0 Å². The van der Waals surface area contributed by atoms with Gasteiger partial charge in [0.25, 0.3) is 0 Å². The lowest BCUT2D eigenvalue weighted by atomic mass is 10.1. The van der Waals surface area contributed by atoms with Gasteiger partial charge in [-0.1, -0.05) is 0 Å². The second-order valence-corrected chi connectivity index (χ2v) is 5.66. The summed E-state index contributed by atoms with van der Waals surface area (Å²) in [5.74, 6) is -0.356. The smallest absolute Gasteiger partial charge is 0.308 e. The van der Waals surface area contributed by atoms with E-state index in [0.29, 0.717) is 23.0 Å². The molecule has 2 aromatic rings. The maximum Gasteiger partial charge on any atom is 0.308 e. The maximum absolute atomic E-state index is 11.6. The molecular formula is C16H17N3O4. The van der Waals surface area contributed by atoms with E-state index in [4.69, 9.17) is 4.74 Å². The zero-order chi connectivity index (χ0) is 16.4. The number of pyridine rings is 1. The van der Waals surface area contributed by atoms with E-state index in [1.165, 1.54) is 7.11 Å². The number of anilines is 1. The first kappa shape index (κ1) is 15.2. The molecule has 1 aliphatic rings. The Kier molecular flexibility index (Phi) is 4.10. The van der Waals surface area contributed by atoms with Gasteiger partial charge >= 0.3 is 11.7 Å². The Morgan fingerprint density at radius 3 is 2.96 bits per heavy atom. The second kappa shape index (κ2) is 6.20. The van der Waals surface area contributed by atoms with Crippen molar-refractivity contribution in [2.24, 2.45) is 5.92 Å². The van der Waals surface area contributed by atoms with Gasteiger partial charge in [-0.25, -0.2) is 0 Å². The van der Waals surface area contributed by atoms with Crippen LogP contribution in [0.2, 0.25) is 0 Å². The van der Waals surface area contributed by atoms with Crippen molar-refractivity contribution in [1.82, 2.24) is 4.98 Å². The predicted octanol–water partition coefficient (Wildman–Crippen LogP) is 2.90. The third-order valence-electron chi connectivity index (χ3n) is 4.27. The number of benzene rings is 1. The van der Waals surface area contributed by atoms with Gasteiger partial charge in [0.15, 0.2) is 0 Å². The molecule has 1 aromatic heterocycles. The minimum absolute atomic E-state index is 0.0203. The van der Waals surface area contributed by atoms with Crippen molar-refractivity contribution in [2.45, 2.75) is 25.3 Å². The lowest BCUT2D eigenvalue weighted by Crippen LogP contribution is -2.19. The highest BCUT2D eigenvalue weighted by molar-refractivity contribution is 5.94. The lowest BCUT2D eigenvalue weighted by molar-refractivity contribution is -0.382. The minimum atomic E-state index is -0.390. The number of methoxy groups -OCH3 is 1. The molecule has 0 unspecified atom stereocenters. The molecule has 23 heavy (non-hydrogen) atoms. The van der Waals surface area contributed by atoms with Crippen LogP contribution in [0.4, 0.5) is 11.4 Å². The van der Waals surface area contributed by atoms with Crippen molar-refractivity contribution in [3.05, 3.63) is 40.6 Å². The molecular weight excluding hydrogens is 298 g/mol. The first-order valence-corrected chi connectivity index (χ1v) is 7.46. The van der Waals surface area contributed by atoms with Gasteiger partial charge in [-0.2, -0.15) is 0 Å². The fraction of sp³-hybridized carbons (Fsp3) is 0.375. The highest BCUT2D eigenvalue weighted by atomic mass is 16.6. The Hall–Kier alpha value is -2.70. The number of carbonyl (C=O) groups excluding carboxylic acids is 1. The zero-order valence-corrected chi connectivity index (χ0v) is 12.7. The number of nitrogens with zero attached hydrogens (tertiary/aromatic N) is 2. The number of aromatic nitrogens is 1. The van der Waals surface area contributed by atoms with Crippen LogP contribution in [-0.2, 0) is 9.53 Å². The van der Waals surface area contributed by atoms with Gasteiger partial charge in [-0.05, 0) is 43.5 Å². The van der Waals surface area contributed by atoms with Gasteiger partial charge in [0.05, 0.1) is 28.9 Å². The largest absolute Gasteiger partial charge is 0.469 e. The molecule has 0 aliphatic heterocycles. The van der Waals surface area contributed by atoms with Gasteiger partial charge in [-0.3, -0.25) is 19.9 Å². The van der Waals surface area contributed by atoms with Gasteiger partial charge in [0.1, 0.15) is 5.69 Å². The van der Waals surface area contributed by atoms with E-state index >= 15 is 0 Å². The summed E-state index contributed by atoms with van der Waals surface area (Å²) < 4.78 is 4.77. The summed E-state index contributed by atoms with van der Waals surface area (Å²) in [6, 6.07) is 6.84. The number of carbonyl (C=O) groups is 1. The number of ether oxygens (including phenoxy) is 1. The fourth-order valence-corrected chi connectivity index (χ4v) is 3.16. The molecule has 1 saturated carbocycles. The monoisotopic (exact) mass is 315 g/mol. The number of fused-ring (bicyclic) bond motifs is 1. The average Bonchev–Trinajstić information content (AvgIpc) is 3.02.